The Morgan fingerprint density at radius 1 is 1.04 bits per heavy atom. The van der Waals surface area contributed by atoms with E-state index in [1.165, 1.54) is 6.07 Å². The van der Waals surface area contributed by atoms with E-state index in [-0.39, 0.29) is 10.6 Å². The summed E-state index contributed by atoms with van der Waals surface area (Å²) >= 11 is 0. The summed E-state index contributed by atoms with van der Waals surface area (Å²) in [7, 11) is 0. The smallest absolute Gasteiger partial charge is 0.272 e. The zero-order valence-electron chi connectivity index (χ0n) is 14.5. The van der Waals surface area contributed by atoms with E-state index in [0.29, 0.717) is 26.1 Å². The van der Waals surface area contributed by atoms with Crippen molar-refractivity contribution < 1.29 is 9.72 Å². The first-order valence-electron chi connectivity index (χ1n) is 8.68. The number of amides is 1. The summed E-state index contributed by atoms with van der Waals surface area (Å²) in [6.07, 6.45) is 1.47. The van der Waals surface area contributed by atoms with Crippen molar-refractivity contribution in [3.8, 4) is 0 Å². The van der Waals surface area contributed by atoms with Gasteiger partial charge in [-0.3, -0.25) is 14.9 Å². The van der Waals surface area contributed by atoms with E-state index in [0.717, 1.165) is 36.4 Å². The van der Waals surface area contributed by atoms with Crippen LogP contribution in [0.4, 0.5) is 17.1 Å². The van der Waals surface area contributed by atoms with Crippen molar-refractivity contribution in [3.63, 3.8) is 0 Å². The number of para-hydroxylation sites is 3. The SMILES string of the molecule is O=CN1CCN(c2ccccc2NCCc2ccccc2[N+](=O)[O-])CC1. The molecule has 0 unspecified atom stereocenters. The van der Waals surface area contributed by atoms with E-state index in [9.17, 15) is 14.9 Å². The maximum Gasteiger partial charge on any atom is 0.272 e. The van der Waals surface area contributed by atoms with Gasteiger partial charge < -0.3 is 15.1 Å². The van der Waals surface area contributed by atoms with Gasteiger partial charge in [-0.25, -0.2) is 0 Å². The molecule has 0 radical (unpaired) electrons. The largest absolute Gasteiger partial charge is 0.383 e. The monoisotopic (exact) mass is 354 g/mol. The zero-order chi connectivity index (χ0) is 18.4. The summed E-state index contributed by atoms with van der Waals surface area (Å²) in [4.78, 5) is 25.7. The van der Waals surface area contributed by atoms with Crippen LogP contribution >= 0.6 is 0 Å². The van der Waals surface area contributed by atoms with Crippen LogP contribution in [-0.2, 0) is 11.2 Å². The number of benzene rings is 2. The molecule has 26 heavy (non-hydrogen) atoms. The van der Waals surface area contributed by atoms with Gasteiger partial charge in [-0.05, 0) is 18.6 Å². The van der Waals surface area contributed by atoms with Gasteiger partial charge in [0.05, 0.1) is 16.3 Å². The van der Waals surface area contributed by atoms with Crippen molar-refractivity contribution in [3.05, 3.63) is 64.2 Å². The van der Waals surface area contributed by atoms with Crippen LogP contribution in [-0.4, -0.2) is 49.0 Å². The minimum absolute atomic E-state index is 0.160. The first kappa shape index (κ1) is 17.7. The van der Waals surface area contributed by atoms with Crippen LogP contribution in [0, 0.1) is 10.1 Å². The van der Waals surface area contributed by atoms with Crippen LogP contribution in [0.3, 0.4) is 0 Å². The molecule has 1 aliphatic heterocycles. The lowest BCUT2D eigenvalue weighted by atomic mass is 10.1. The Kier molecular flexibility index (Phi) is 5.68. The van der Waals surface area contributed by atoms with Crippen molar-refractivity contribution in [1.82, 2.24) is 4.90 Å². The van der Waals surface area contributed by atoms with Crippen molar-refractivity contribution in [1.29, 1.82) is 0 Å². The van der Waals surface area contributed by atoms with Crippen molar-refractivity contribution in [2.75, 3.05) is 42.9 Å². The predicted molar refractivity (Wildman–Crippen MR) is 102 cm³/mol. The van der Waals surface area contributed by atoms with Crippen molar-refractivity contribution >= 4 is 23.5 Å². The number of nitrogens with one attached hydrogen (secondary N) is 1. The number of rotatable bonds is 7. The highest BCUT2D eigenvalue weighted by atomic mass is 16.6. The molecule has 7 nitrogen and oxygen atoms in total. The fourth-order valence-electron chi connectivity index (χ4n) is 3.20. The average Bonchev–Trinajstić information content (AvgIpc) is 2.69. The Hall–Kier alpha value is -3.09. The third-order valence-electron chi connectivity index (χ3n) is 4.61. The normalized spacial score (nSPS) is 14.2. The zero-order valence-corrected chi connectivity index (χ0v) is 14.5. The van der Waals surface area contributed by atoms with E-state index < -0.39 is 0 Å². The molecule has 0 bridgehead atoms. The third-order valence-corrected chi connectivity index (χ3v) is 4.61. The molecule has 2 aromatic rings. The second-order valence-electron chi connectivity index (χ2n) is 6.21. The topological polar surface area (TPSA) is 78.7 Å². The van der Waals surface area contributed by atoms with Crippen LogP contribution in [0.2, 0.25) is 0 Å². The Morgan fingerprint density at radius 3 is 2.46 bits per heavy atom. The molecule has 7 heteroatoms. The fraction of sp³-hybridized carbons (Fsp3) is 0.316. The molecule has 1 amide bonds. The summed E-state index contributed by atoms with van der Waals surface area (Å²) < 4.78 is 0. The highest BCUT2D eigenvalue weighted by Crippen LogP contribution is 2.27. The van der Waals surface area contributed by atoms with Crippen molar-refractivity contribution in [2.24, 2.45) is 0 Å². The molecule has 1 aliphatic rings. The molecule has 2 aromatic carbocycles. The Morgan fingerprint density at radius 2 is 1.73 bits per heavy atom. The number of piperazine rings is 1. The second-order valence-corrected chi connectivity index (χ2v) is 6.21. The lowest BCUT2D eigenvalue weighted by Gasteiger charge is -2.35. The molecule has 0 saturated carbocycles. The van der Waals surface area contributed by atoms with Crippen LogP contribution in [0.25, 0.3) is 0 Å². The molecule has 3 rings (SSSR count). The molecule has 1 N–H and O–H groups in total. The predicted octanol–water partition coefficient (Wildman–Crippen LogP) is 2.53. The van der Waals surface area contributed by atoms with Gasteiger partial charge in [0.1, 0.15) is 0 Å². The number of anilines is 2. The minimum atomic E-state index is -0.338. The van der Waals surface area contributed by atoms with Gasteiger partial charge in [-0.2, -0.15) is 0 Å². The average molecular weight is 354 g/mol. The summed E-state index contributed by atoms with van der Waals surface area (Å²) in [5.41, 5.74) is 2.99. The van der Waals surface area contributed by atoms with Crippen LogP contribution in [0.1, 0.15) is 5.56 Å². The van der Waals surface area contributed by atoms with E-state index in [1.54, 1.807) is 17.0 Å². The Balaban J connectivity index is 1.64. The molecule has 0 spiro atoms. The molecule has 0 atom stereocenters. The molecular weight excluding hydrogens is 332 g/mol. The molecule has 0 aliphatic carbocycles. The fourth-order valence-corrected chi connectivity index (χ4v) is 3.20. The first-order valence-corrected chi connectivity index (χ1v) is 8.68. The first-order chi connectivity index (χ1) is 12.7. The molecular formula is C19H22N4O3. The van der Waals surface area contributed by atoms with E-state index in [2.05, 4.69) is 16.3 Å². The number of hydrogen-bond donors (Lipinski definition) is 1. The standard InChI is InChI=1S/C19H22N4O3/c24-15-21-11-13-22(14-12-21)19-8-4-2-6-17(19)20-10-9-16-5-1-3-7-18(16)23(25)26/h1-8,15,20H,9-14H2. The summed E-state index contributed by atoms with van der Waals surface area (Å²) in [5.74, 6) is 0. The Bertz CT molecular complexity index is 773. The van der Waals surface area contributed by atoms with Gasteiger partial charge in [0.15, 0.2) is 0 Å². The van der Waals surface area contributed by atoms with E-state index in [1.807, 2.05) is 24.3 Å². The number of nitrogens with zero attached hydrogens (tertiary/aromatic N) is 3. The third kappa shape index (κ3) is 4.11. The van der Waals surface area contributed by atoms with Crippen LogP contribution in [0.15, 0.2) is 48.5 Å². The Labute approximate surface area is 152 Å². The van der Waals surface area contributed by atoms with Gasteiger partial charge in [0, 0.05) is 44.4 Å². The number of carbonyl (C=O) groups excluding carboxylic acids is 1. The highest BCUT2D eigenvalue weighted by Gasteiger charge is 2.18. The van der Waals surface area contributed by atoms with Gasteiger partial charge in [0.2, 0.25) is 6.41 Å². The van der Waals surface area contributed by atoms with Crippen molar-refractivity contribution in [2.45, 2.75) is 6.42 Å². The summed E-state index contributed by atoms with van der Waals surface area (Å²) in [5, 5.41) is 14.5. The van der Waals surface area contributed by atoms with Gasteiger partial charge >= 0.3 is 0 Å². The molecule has 136 valence electrons. The maximum atomic E-state index is 11.1. The lowest BCUT2D eigenvalue weighted by molar-refractivity contribution is -0.385. The van der Waals surface area contributed by atoms with Crippen LogP contribution < -0.4 is 10.2 Å². The minimum Gasteiger partial charge on any atom is -0.383 e. The molecule has 1 saturated heterocycles. The molecule has 1 fully saturated rings. The quantitative estimate of drug-likeness (QED) is 0.470. The molecule has 0 aromatic heterocycles. The molecule has 1 heterocycles. The van der Waals surface area contributed by atoms with Gasteiger partial charge in [-0.15, -0.1) is 0 Å². The highest BCUT2D eigenvalue weighted by molar-refractivity contribution is 5.70. The number of nitro groups is 1. The number of nitro benzene ring substituents is 1. The van der Waals surface area contributed by atoms with Gasteiger partial charge in [-0.1, -0.05) is 30.3 Å². The second kappa shape index (κ2) is 8.33. The number of hydrogen-bond acceptors (Lipinski definition) is 5. The summed E-state index contributed by atoms with van der Waals surface area (Å²) in [6.45, 7) is 3.63. The van der Waals surface area contributed by atoms with E-state index >= 15 is 0 Å². The summed E-state index contributed by atoms with van der Waals surface area (Å²) in [6, 6.07) is 14.9. The van der Waals surface area contributed by atoms with E-state index in [4.69, 9.17) is 0 Å². The van der Waals surface area contributed by atoms with Crippen LogP contribution in [0.5, 0.6) is 0 Å². The maximum absolute atomic E-state index is 11.1. The lowest BCUT2D eigenvalue weighted by Crippen LogP contribution is -2.45. The van der Waals surface area contributed by atoms with Gasteiger partial charge in [0.25, 0.3) is 5.69 Å². The number of carbonyl (C=O) groups is 1.